The van der Waals surface area contributed by atoms with Crippen LogP contribution in [-0.2, 0) is 16.6 Å². The summed E-state index contributed by atoms with van der Waals surface area (Å²) in [4.78, 5) is 15.1. The van der Waals surface area contributed by atoms with E-state index in [0.717, 1.165) is 41.4 Å². The van der Waals surface area contributed by atoms with Crippen molar-refractivity contribution >= 4 is 16.8 Å². The van der Waals surface area contributed by atoms with Crippen LogP contribution in [0.1, 0.15) is 24.3 Å². The van der Waals surface area contributed by atoms with Gasteiger partial charge in [0.25, 0.3) is 0 Å². The molecule has 31 heavy (non-hydrogen) atoms. The first kappa shape index (κ1) is 18.7. The first-order valence-corrected chi connectivity index (χ1v) is 10.5. The predicted molar refractivity (Wildman–Crippen MR) is 108 cm³/mol. The Kier molecular flexibility index (Phi) is 4.08. The van der Waals surface area contributed by atoms with E-state index < -0.39 is 11.6 Å². The largest absolute Gasteiger partial charge is 0.457 e. The highest BCUT2D eigenvalue weighted by Gasteiger charge is 2.53. The molecule has 3 aromatic rings. The second-order valence-corrected chi connectivity index (χ2v) is 8.71. The minimum atomic E-state index is -0.961. The molecule has 2 saturated heterocycles. The molecule has 0 N–H and O–H groups in total. The van der Waals surface area contributed by atoms with Gasteiger partial charge in [-0.1, -0.05) is 0 Å². The Morgan fingerprint density at radius 2 is 1.90 bits per heavy atom. The Bertz CT molecular complexity index is 1200. The van der Waals surface area contributed by atoms with Crippen LogP contribution in [0.15, 0.2) is 36.5 Å². The minimum absolute atomic E-state index is 0.0629. The summed E-state index contributed by atoms with van der Waals surface area (Å²) in [5.74, 6) is -0.953. The van der Waals surface area contributed by atoms with E-state index in [2.05, 4.69) is 5.10 Å². The van der Waals surface area contributed by atoms with Gasteiger partial charge in [0.15, 0.2) is 11.6 Å². The third kappa shape index (κ3) is 3.08. The number of aryl methyl sites for hydroxylation is 1. The van der Waals surface area contributed by atoms with Crippen molar-refractivity contribution in [2.75, 3.05) is 13.2 Å². The number of carbonyl (C=O) groups is 1. The van der Waals surface area contributed by atoms with Crippen molar-refractivity contribution in [2.45, 2.75) is 30.8 Å². The molecule has 0 spiro atoms. The normalized spacial score (nSPS) is 26.6. The van der Waals surface area contributed by atoms with E-state index in [0.29, 0.717) is 19.0 Å². The van der Waals surface area contributed by atoms with E-state index >= 15 is 0 Å². The van der Waals surface area contributed by atoms with E-state index in [9.17, 15) is 13.6 Å². The molecular weight excluding hydrogens is 404 g/mol. The highest BCUT2D eigenvalue weighted by Crippen LogP contribution is 2.52. The van der Waals surface area contributed by atoms with Gasteiger partial charge in [-0.15, -0.1) is 0 Å². The van der Waals surface area contributed by atoms with Crippen LogP contribution in [0.4, 0.5) is 8.78 Å². The third-order valence-corrected chi connectivity index (χ3v) is 6.57. The average molecular weight is 425 g/mol. The molecule has 2 aromatic carbocycles. The number of fused-ring (bicyclic) bond motifs is 3. The number of rotatable bonds is 4. The summed E-state index contributed by atoms with van der Waals surface area (Å²) in [6, 6.07) is 7.57. The number of hydrogen-bond donors (Lipinski definition) is 0. The quantitative estimate of drug-likeness (QED) is 0.639. The number of benzene rings is 2. The van der Waals surface area contributed by atoms with Crippen LogP contribution in [0.25, 0.3) is 10.9 Å². The maximum atomic E-state index is 13.6. The molecule has 8 heteroatoms. The van der Waals surface area contributed by atoms with Gasteiger partial charge in [-0.2, -0.15) is 5.10 Å². The summed E-state index contributed by atoms with van der Waals surface area (Å²) in [6.07, 6.45) is 3.69. The zero-order chi connectivity index (χ0) is 21.3. The van der Waals surface area contributed by atoms with E-state index in [-0.39, 0.29) is 35.6 Å². The van der Waals surface area contributed by atoms with Crippen molar-refractivity contribution in [1.82, 2.24) is 14.7 Å². The fourth-order valence-electron chi connectivity index (χ4n) is 4.97. The topological polar surface area (TPSA) is 56.6 Å². The fraction of sp³-hybridized carbons (Fsp3) is 0.391. The molecule has 3 heterocycles. The van der Waals surface area contributed by atoms with Crippen LogP contribution in [0.2, 0.25) is 0 Å². The minimum Gasteiger partial charge on any atom is -0.457 e. The van der Waals surface area contributed by atoms with Gasteiger partial charge in [-0.25, -0.2) is 8.78 Å². The van der Waals surface area contributed by atoms with Gasteiger partial charge in [-0.05, 0) is 48.6 Å². The van der Waals surface area contributed by atoms with Crippen LogP contribution in [0.3, 0.4) is 0 Å². The first-order chi connectivity index (χ1) is 15.0. The SMILES string of the molecule is Cn1cc2cc(Oc3ccc(F)c(F)c3)cc(C3C[C@H]3C(=O)N3C4COCC3C4)c2n1. The Hall–Kier alpha value is -3.00. The van der Waals surface area contributed by atoms with Gasteiger partial charge < -0.3 is 14.4 Å². The monoisotopic (exact) mass is 425 g/mol. The molecule has 160 valence electrons. The van der Waals surface area contributed by atoms with Crippen LogP contribution >= 0.6 is 0 Å². The zero-order valence-corrected chi connectivity index (χ0v) is 16.9. The standard InChI is InChI=1S/C23H21F2N3O3/c1-27-9-12-4-16(31-15-2-3-20(24)21(25)7-15)6-18(22(12)26-27)17-8-19(17)23(29)28-13-5-14(28)11-30-10-13/h2-4,6-7,9,13-14,17,19H,5,8,10-11H2,1H3/t13?,14?,17?,19-/m1/s1. The maximum Gasteiger partial charge on any atom is 0.226 e. The molecule has 1 aromatic heterocycles. The third-order valence-electron chi connectivity index (χ3n) is 6.57. The molecule has 2 bridgehead atoms. The molecular formula is C23H21F2N3O3. The zero-order valence-electron chi connectivity index (χ0n) is 16.9. The number of morpholine rings is 1. The van der Waals surface area contributed by atoms with Gasteiger partial charge in [0.05, 0.1) is 30.8 Å². The molecule has 4 atom stereocenters. The summed E-state index contributed by atoms with van der Waals surface area (Å²) in [7, 11) is 1.84. The van der Waals surface area contributed by atoms with Crippen molar-refractivity contribution in [1.29, 1.82) is 0 Å². The number of amides is 1. The van der Waals surface area contributed by atoms with E-state index in [4.69, 9.17) is 9.47 Å². The molecule has 1 amide bonds. The maximum absolute atomic E-state index is 13.6. The van der Waals surface area contributed by atoms with E-state index in [1.807, 2.05) is 30.3 Å². The summed E-state index contributed by atoms with van der Waals surface area (Å²) in [5.41, 5.74) is 1.79. The molecule has 2 aliphatic heterocycles. The van der Waals surface area contributed by atoms with Crippen LogP contribution < -0.4 is 4.74 Å². The van der Waals surface area contributed by atoms with E-state index in [1.54, 1.807) is 4.68 Å². The summed E-state index contributed by atoms with van der Waals surface area (Å²) < 4.78 is 39.9. The summed E-state index contributed by atoms with van der Waals surface area (Å²) in [5, 5.41) is 5.46. The van der Waals surface area contributed by atoms with Crippen LogP contribution in [0.5, 0.6) is 11.5 Å². The van der Waals surface area contributed by atoms with Crippen molar-refractivity contribution < 1.29 is 23.0 Å². The van der Waals surface area contributed by atoms with Gasteiger partial charge in [-0.3, -0.25) is 9.48 Å². The molecule has 1 aliphatic carbocycles. The fourth-order valence-corrected chi connectivity index (χ4v) is 4.97. The lowest BCUT2D eigenvalue weighted by Gasteiger charge is -2.52. The Balaban J connectivity index is 1.30. The number of carbonyl (C=O) groups excluding carboxylic acids is 1. The Labute approximate surface area is 177 Å². The predicted octanol–water partition coefficient (Wildman–Crippen LogP) is 3.75. The highest BCUT2D eigenvalue weighted by atomic mass is 19.2. The van der Waals surface area contributed by atoms with Crippen LogP contribution in [0, 0.1) is 17.6 Å². The highest BCUT2D eigenvalue weighted by molar-refractivity contribution is 5.89. The summed E-state index contributed by atoms with van der Waals surface area (Å²) in [6.45, 7) is 1.25. The van der Waals surface area contributed by atoms with Crippen molar-refractivity contribution in [3.63, 3.8) is 0 Å². The number of nitrogens with zero attached hydrogens (tertiary/aromatic N) is 3. The van der Waals surface area contributed by atoms with Crippen molar-refractivity contribution in [2.24, 2.45) is 13.0 Å². The van der Waals surface area contributed by atoms with Crippen LogP contribution in [-0.4, -0.2) is 45.9 Å². The number of aromatic nitrogens is 2. The Morgan fingerprint density at radius 3 is 2.65 bits per heavy atom. The lowest BCUT2D eigenvalue weighted by molar-refractivity contribution is -0.168. The lowest BCUT2D eigenvalue weighted by Crippen LogP contribution is -2.66. The molecule has 3 unspecified atom stereocenters. The smallest absolute Gasteiger partial charge is 0.226 e. The summed E-state index contributed by atoms with van der Waals surface area (Å²) >= 11 is 0. The molecule has 6 nitrogen and oxygen atoms in total. The molecule has 1 saturated carbocycles. The lowest BCUT2D eigenvalue weighted by atomic mass is 9.90. The number of hydrogen-bond acceptors (Lipinski definition) is 4. The Morgan fingerprint density at radius 1 is 1.10 bits per heavy atom. The van der Waals surface area contributed by atoms with Gasteiger partial charge in [0, 0.05) is 30.6 Å². The first-order valence-electron chi connectivity index (χ1n) is 10.5. The van der Waals surface area contributed by atoms with Crippen molar-refractivity contribution in [3.05, 3.63) is 53.7 Å². The van der Waals surface area contributed by atoms with Gasteiger partial charge >= 0.3 is 0 Å². The second-order valence-electron chi connectivity index (χ2n) is 8.71. The molecule has 6 rings (SSSR count). The van der Waals surface area contributed by atoms with Crippen molar-refractivity contribution in [3.8, 4) is 11.5 Å². The van der Waals surface area contributed by atoms with Gasteiger partial charge in [0.2, 0.25) is 5.91 Å². The molecule has 3 fully saturated rings. The van der Waals surface area contributed by atoms with E-state index in [1.165, 1.54) is 6.07 Å². The molecule has 3 aliphatic rings. The molecule has 0 radical (unpaired) electrons. The average Bonchev–Trinajstić information content (AvgIpc) is 3.45. The second kappa shape index (κ2) is 6.75. The number of ether oxygens (including phenoxy) is 2. The van der Waals surface area contributed by atoms with Gasteiger partial charge in [0.1, 0.15) is 11.5 Å². The number of halogens is 2.